The molecule has 3 aromatic carbocycles. The molecule has 34 heavy (non-hydrogen) atoms. The van der Waals surface area contributed by atoms with Crippen LogP contribution in [-0.4, -0.2) is 41.9 Å². The van der Waals surface area contributed by atoms with E-state index in [-0.39, 0.29) is 23.3 Å². The van der Waals surface area contributed by atoms with E-state index >= 15 is 0 Å². The summed E-state index contributed by atoms with van der Waals surface area (Å²) in [5.74, 6) is 0.157. The standard InChI is InChI=1S/C29H32ClFN2O/c1-21(2)16-33(29(34)26-10-6-7-11-28(26)31)19-24-18-32(17-22-12-14-25(30)15-13-22)20-27(24)23-8-4-3-5-9-23/h3-15,21,24,27H,16-20H2,1-2H3/t24-,27+/m0/s1. The van der Waals surface area contributed by atoms with E-state index in [9.17, 15) is 9.18 Å². The van der Waals surface area contributed by atoms with Gasteiger partial charge in [0.2, 0.25) is 0 Å². The van der Waals surface area contributed by atoms with Crippen molar-refractivity contribution in [3.63, 3.8) is 0 Å². The molecule has 178 valence electrons. The van der Waals surface area contributed by atoms with E-state index in [2.05, 4.69) is 55.1 Å². The van der Waals surface area contributed by atoms with Crippen molar-refractivity contribution in [2.75, 3.05) is 26.2 Å². The number of likely N-dealkylation sites (tertiary alicyclic amines) is 1. The van der Waals surface area contributed by atoms with Crippen LogP contribution in [0.4, 0.5) is 4.39 Å². The lowest BCUT2D eigenvalue weighted by molar-refractivity contribution is 0.0698. The third-order valence-electron chi connectivity index (χ3n) is 6.50. The molecule has 1 aliphatic heterocycles. The summed E-state index contributed by atoms with van der Waals surface area (Å²) in [6, 6.07) is 24.8. The topological polar surface area (TPSA) is 23.6 Å². The van der Waals surface area contributed by atoms with Gasteiger partial charge in [-0.3, -0.25) is 9.69 Å². The van der Waals surface area contributed by atoms with Gasteiger partial charge >= 0.3 is 0 Å². The second-order valence-electron chi connectivity index (χ2n) is 9.68. The summed E-state index contributed by atoms with van der Waals surface area (Å²) in [5.41, 5.74) is 2.66. The van der Waals surface area contributed by atoms with Gasteiger partial charge in [0.15, 0.2) is 0 Å². The van der Waals surface area contributed by atoms with Crippen molar-refractivity contribution < 1.29 is 9.18 Å². The molecule has 1 aliphatic rings. The molecule has 0 spiro atoms. The smallest absolute Gasteiger partial charge is 0.256 e. The summed E-state index contributed by atoms with van der Waals surface area (Å²) in [4.78, 5) is 17.7. The summed E-state index contributed by atoms with van der Waals surface area (Å²) >= 11 is 6.07. The van der Waals surface area contributed by atoms with Gasteiger partial charge in [-0.2, -0.15) is 0 Å². The van der Waals surface area contributed by atoms with Gasteiger partial charge in [-0.25, -0.2) is 4.39 Å². The molecule has 0 unspecified atom stereocenters. The lowest BCUT2D eigenvalue weighted by Gasteiger charge is -2.30. The number of benzene rings is 3. The highest BCUT2D eigenvalue weighted by Gasteiger charge is 2.36. The molecule has 0 aliphatic carbocycles. The van der Waals surface area contributed by atoms with E-state index in [1.807, 2.05) is 23.1 Å². The molecule has 2 atom stereocenters. The lowest BCUT2D eigenvalue weighted by Crippen LogP contribution is -2.40. The third kappa shape index (κ3) is 6.05. The fourth-order valence-electron chi connectivity index (χ4n) is 4.97. The first kappa shape index (κ1) is 24.4. The Labute approximate surface area is 207 Å². The molecule has 1 saturated heterocycles. The molecule has 4 rings (SSSR count). The van der Waals surface area contributed by atoms with Crippen molar-refractivity contribution in [1.29, 1.82) is 0 Å². The van der Waals surface area contributed by atoms with Crippen molar-refractivity contribution in [2.45, 2.75) is 26.3 Å². The largest absolute Gasteiger partial charge is 0.338 e. The Bertz CT molecular complexity index is 1090. The van der Waals surface area contributed by atoms with E-state index in [4.69, 9.17) is 11.6 Å². The average molecular weight is 479 g/mol. The maximum atomic E-state index is 14.5. The Morgan fingerprint density at radius 2 is 1.68 bits per heavy atom. The van der Waals surface area contributed by atoms with Gasteiger partial charge in [0.1, 0.15) is 5.82 Å². The van der Waals surface area contributed by atoms with Crippen molar-refractivity contribution in [3.8, 4) is 0 Å². The molecule has 3 aromatic rings. The highest BCUT2D eigenvalue weighted by molar-refractivity contribution is 6.30. The maximum absolute atomic E-state index is 14.5. The number of carbonyl (C=O) groups is 1. The van der Waals surface area contributed by atoms with E-state index in [1.165, 1.54) is 17.2 Å². The second-order valence-corrected chi connectivity index (χ2v) is 10.1. The Kier molecular flexibility index (Phi) is 8.02. The average Bonchev–Trinajstić information content (AvgIpc) is 3.22. The number of nitrogens with zero attached hydrogens (tertiary/aromatic N) is 2. The second kappa shape index (κ2) is 11.2. The normalized spacial score (nSPS) is 18.4. The highest BCUT2D eigenvalue weighted by atomic mass is 35.5. The monoisotopic (exact) mass is 478 g/mol. The van der Waals surface area contributed by atoms with Crippen LogP contribution in [0.3, 0.4) is 0 Å². The molecular formula is C29H32ClFN2O. The van der Waals surface area contributed by atoms with Gasteiger partial charge in [-0.1, -0.05) is 80.0 Å². The molecule has 3 nitrogen and oxygen atoms in total. The Morgan fingerprint density at radius 3 is 2.35 bits per heavy atom. The summed E-state index contributed by atoms with van der Waals surface area (Å²) in [6.45, 7) is 8.02. The number of hydrogen-bond donors (Lipinski definition) is 0. The summed E-state index contributed by atoms with van der Waals surface area (Å²) in [7, 11) is 0. The van der Waals surface area contributed by atoms with Gasteiger partial charge in [-0.15, -0.1) is 0 Å². The molecule has 0 bridgehead atoms. The van der Waals surface area contributed by atoms with Crippen molar-refractivity contribution in [2.24, 2.45) is 11.8 Å². The van der Waals surface area contributed by atoms with Gasteiger partial charge < -0.3 is 4.90 Å². The van der Waals surface area contributed by atoms with Crippen LogP contribution in [0.1, 0.15) is 41.3 Å². The van der Waals surface area contributed by atoms with Crippen LogP contribution in [0.25, 0.3) is 0 Å². The fourth-order valence-corrected chi connectivity index (χ4v) is 5.10. The van der Waals surface area contributed by atoms with Gasteiger partial charge in [0.05, 0.1) is 5.56 Å². The summed E-state index contributed by atoms with van der Waals surface area (Å²) < 4.78 is 14.5. The third-order valence-corrected chi connectivity index (χ3v) is 6.75. The predicted molar refractivity (Wildman–Crippen MR) is 137 cm³/mol. The number of halogens is 2. The van der Waals surface area contributed by atoms with Gasteiger partial charge in [0, 0.05) is 43.7 Å². The first-order valence-corrected chi connectivity index (χ1v) is 12.3. The number of carbonyl (C=O) groups excluding carboxylic acids is 1. The molecule has 1 fully saturated rings. The molecule has 0 saturated carbocycles. The summed E-state index contributed by atoms with van der Waals surface area (Å²) in [5, 5.41) is 0.737. The molecule has 1 amide bonds. The molecular weight excluding hydrogens is 447 g/mol. The van der Waals surface area contributed by atoms with E-state index in [0.29, 0.717) is 19.0 Å². The molecule has 0 aromatic heterocycles. The molecule has 5 heteroatoms. The van der Waals surface area contributed by atoms with Crippen molar-refractivity contribution >= 4 is 17.5 Å². The zero-order valence-corrected chi connectivity index (χ0v) is 20.6. The first-order valence-electron chi connectivity index (χ1n) is 12.0. The van der Waals surface area contributed by atoms with Crippen LogP contribution in [0.5, 0.6) is 0 Å². The van der Waals surface area contributed by atoms with Crippen LogP contribution in [-0.2, 0) is 6.54 Å². The van der Waals surface area contributed by atoms with Crippen molar-refractivity contribution in [3.05, 3.63) is 106 Å². The van der Waals surface area contributed by atoms with Gasteiger partial charge in [0.25, 0.3) is 5.91 Å². The van der Waals surface area contributed by atoms with E-state index in [0.717, 1.165) is 24.7 Å². The SMILES string of the molecule is CC(C)CN(C[C@@H]1CN(Cc2ccc(Cl)cc2)C[C@@H]1c1ccccc1)C(=O)c1ccccc1F. The Hall–Kier alpha value is -2.69. The number of hydrogen-bond acceptors (Lipinski definition) is 2. The first-order chi connectivity index (χ1) is 16.4. The van der Waals surface area contributed by atoms with E-state index in [1.54, 1.807) is 18.2 Å². The minimum atomic E-state index is -0.461. The van der Waals surface area contributed by atoms with Crippen LogP contribution in [0, 0.1) is 17.7 Å². The molecule has 0 radical (unpaired) electrons. The number of rotatable bonds is 8. The van der Waals surface area contributed by atoms with Gasteiger partial charge in [-0.05, 0) is 47.2 Å². The highest BCUT2D eigenvalue weighted by Crippen LogP contribution is 2.34. The number of amides is 1. The van der Waals surface area contributed by atoms with Crippen LogP contribution >= 0.6 is 11.6 Å². The zero-order chi connectivity index (χ0) is 24.1. The van der Waals surface area contributed by atoms with Crippen LogP contribution in [0.2, 0.25) is 5.02 Å². The minimum absolute atomic E-state index is 0.149. The quantitative estimate of drug-likeness (QED) is 0.369. The van der Waals surface area contributed by atoms with Crippen molar-refractivity contribution in [1.82, 2.24) is 9.80 Å². The zero-order valence-electron chi connectivity index (χ0n) is 19.8. The Morgan fingerprint density at radius 1 is 1.00 bits per heavy atom. The predicted octanol–water partition coefficient (Wildman–Crippen LogP) is 6.49. The minimum Gasteiger partial charge on any atom is -0.338 e. The van der Waals surface area contributed by atoms with Crippen LogP contribution < -0.4 is 0 Å². The summed E-state index contributed by atoms with van der Waals surface area (Å²) in [6.07, 6.45) is 0. The fraction of sp³-hybridized carbons (Fsp3) is 0.345. The lowest BCUT2D eigenvalue weighted by atomic mass is 9.88. The molecule has 1 heterocycles. The molecule has 0 N–H and O–H groups in total. The maximum Gasteiger partial charge on any atom is 0.256 e. The van der Waals surface area contributed by atoms with Crippen LogP contribution in [0.15, 0.2) is 78.9 Å². The van der Waals surface area contributed by atoms with E-state index < -0.39 is 5.82 Å². The Balaban J connectivity index is 1.57.